The van der Waals surface area contributed by atoms with Gasteiger partial charge in [0.25, 0.3) is 0 Å². The summed E-state index contributed by atoms with van der Waals surface area (Å²) in [5.74, 6) is 2.36. The molecular weight excluding hydrogens is 523 g/mol. The molecule has 6 rings (SSSR count). The van der Waals surface area contributed by atoms with Crippen LogP contribution in [0.4, 0.5) is 21.6 Å². The highest BCUT2D eigenvalue weighted by Crippen LogP contribution is 2.44. The number of amides is 1. The summed E-state index contributed by atoms with van der Waals surface area (Å²) < 4.78 is 25.4. The summed E-state index contributed by atoms with van der Waals surface area (Å²) in [5, 5.41) is 7.00. The van der Waals surface area contributed by atoms with Crippen molar-refractivity contribution in [1.29, 1.82) is 0 Å². The molecule has 10 heteroatoms. The topological polar surface area (TPSA) is 91.9 Å². The van der Waals surface area contributed by atoms with Gasteiger partial charge in [0.15, 0.2) is 0 Å². The molecule has 2 aromatic carbocycles. The number of fused-ring (bicyclic) bond motifs is 2. The number of ether oxygens (including phenoxy) is 2. The van der Waals surface area contributed by atoms with Crippen LogP contribution in [-0.2, 0) is 9.53 Å². The zero-order valence-electron chi connectivity index (χ0n) is 23.4. The first-order valence-electron chi connectivity index (χ1n) is 14.5. The summed E-state index contributed by atoms with van der Waals surface area (Å²) in [7, 11) is 0. The number of carbonyl (C=O) groups is 1. The van der Waals surface area contributed by atoms with E-state index in [1.165, 1.54) is 18.8 Å². The van der Waals surface area contributed by atoms with E-state index in [1.54, 1.807) is 25.1 Å². The molecule has 1 amide bonds. The second kappa shape index (κ2) is 12.5. The largest absolute Gasteiger partial charge is 0.491 e. The normalized spacial score (nSPS) is 20.8. The summed E-state index contributed by atoms with van der Waals surface area (Å²) in [4.78, 5) is 26.6. The number of piperidine rings is 1. The molecule has 3 aliphatic rings. The number of morpholine rings is 1. The maximum absolute atomic E-state index is 13.8. The van der Waals surface area contributed by atoms with Gasteiger partial charge in [0.2, 0.25) is 5.91 Å². The molecule has 0 radical (unpaired) electrons. The minimum absolute atomic E-state index is 0.215. The minimum atomic E-state index is -0.266. The zero-order valence-corrected chi connectivity index (χ0v) is 23.4. The van der Waals surface area contributed by atoms with Crippen LogP contribution >= 0.6 is 0 Å². The van der Waals surface area contributed by atoms with Crippen LogP contribution in [0.2, 0.25) is 0 Å². The monoisotopic (exact) mass is 560 g/mol. The van der Waals surface area contributed by atoms with Crippen LogP contribution in [0, 0.1) is 24.6 Å². The summed E-state index contributed by atoms with van der Waals surface area (Å²) in [6.45, 7) is 9.59. The zero-order chi connectivity index (χ0) is 28.2. The predicted molar refractivity (Wildman–Crippen MR) is 157 cm³/mol. The van der Waals surface area contributed by atoms with Crippen molar-refractivity contribution < 1.29 is 18.7 Å². The Kier molecular flexibility index (Phi) is 8.41. The summed E-state index contributed by atoms with van der Waals surface area (Å²) in [6, 6.07) is 8.49. The molecule has 2 saturated heterocycles. The number of aryl methyl sites for hydroxylation is 1. The van der Waals surface area contributed by atoms with Gasteiger partial charge >= 0.3 is 0 Å². The quantitative estimate of drug-likeness (QED) is 0.264. The number of likely N-dealkylation sites (tertiary alicyclic amines) is 1. The molecule has 2 N–H and O–H groups in total. The Morgan fingerprint density at radius 3 is 2.78 bits per heavy atom. The van der Waals surface area contributed by atoms with Gasteiger partial charge in [0, 0.05) is 62.5 Å². The van der Waals surface area contributed by atoms with E-state index in [0.29, 0.717) is 46.0 Å². The van der Waals surface area contributed by atoms with Gasteiger partial charge in [-0.2, -0.15) is 0 Å². The highest BCUT2D eigenvalue weighted by molar-refractivity contribution is 6.03. The Balaban J connectivity index is 1.19. The van der Waals surface area contributed by atoms with E-state index in [2.05, 4.69) is 30.4 Å². The lowest BCUT2D eigenvalue weighted by Gasteiger charge is -2.26. The van der Waals surface area contributed by atoms with Crippen molar-refractivity contribution >= 4 is 34.0 Å². The molecule has 1 aromatic heterocycles. The van der Waals surface area contributed by atoms with Crippen LogP contribution in [0.5, 0.6) is 5.75 Å². The number of anilines is 3. The van der Waals surface area contributed by atoms with Crippen LogP contribution in [0.3, 0.4) is 0 Å². The second-order valence-electron chi connectivity index (χ2n) is 11.2. The average Bonchev–Trinajstić information content (AvgIpc) is 3.59. The van der Waals surface area contributed by atoms with Crippen molar-refractivity contribution in [2.24, 2.45) is 11.8 Å². The maximum atomic E-state index is 13.8. The molecule has 0 bridgehead atoms. The van der Waals surface area contributed by atoms with E-state index < -0.39 is 0 Å². The molecule has 3 aromatic rings. The SMILES string of the molecule is Cc1cc(Nc2ncnc3cc(OCCCN4CCOCC4)c(NC(=O)/C=C/CN4CC5CC5C4)cc23)ccc1F. The number of halogens is 1. The summed E-state index contributed by atoms with van der Waals surface area (Å²) in [5.41, 5.74) is 2.46. The Hall–Kier alpha value is -3.60. The van der Waals surface area contributed by atoms with Crippen LogP contribution in [0.1, 0.15) is 18.4 Å². The first kappa shape index (κ1) is 27.6. The molecular formula is C31H37FN6O3. The Morgan fingerprint density at radius 1 is 1.15 bits per heavy atom. The van der Waals surface area contributed by atoms with Gasteiger partial charge in [0.05, 0.1) is 31.0 Å². The maximum Gasteiger partial charge on any atom is 0.248 e. The van der Waals surface area contributed by atoms with E-state index in [9.17, 15) is 9.18 Å². The molecule has 41 heavy (non-hydrogen) atoms. The molecule has 216 valence electrons. The number of aromatic nitrogens is 2. The number of hydrogen-bond acceptors (Lipinski definition) is 8. The fraction of sp³-hybridized carbons (Fsp3) is 0.452. The van der Waals surface area contributed by atoms with Gasteiger partial charge in [-0.3, -0.25) is 14.6 Å². The lowest BCUT2D eigenvalue weighted by atomic mass is 10.1. The van der Waals surface area contributed by atoms with Gasteiger partial charge in [-0.1, -0.05) is 6.08 Å². The first-order valence-corrected chi connectivity index (χ1v) is 14.5. The number of hydrogen-bond donors (Lipinski definition) is 2. The number of nitrogens with one attached hydrogen (secondary N) is 2. The second-order valence-corrected chi connectivity index (χ2v) is 11.2. The van der Waals surface area contributed by atoms with Gasteiger partial charge in [-0.25, -0.2) is 14.4 Å². The van der Waals surface area contributed by atoms with E-state index in [-0.39, 0.29) is 11.7 Å². The van der Waals surface area contributed by atoms with Crippen molar-refractivity contribution in [2.45, 2.75) is 19.8 Å². The molecule has 1 aliphatic carbocycles. The fourth-order valence-corrected chi connectivity index (χ4v) is 5.68. The molecule has 2 atom stereocenters. The fourth-order valence-electron chi connectivity index (χ4n) is 5.68. The third-order valence-corrected chi connectivity index (χ3v) is 8.08. The van der Waals surface area contributed by atoms with Gasteiger partial charge < -0.3 is 20.1 Å². The van der Waals surface area contributed by atoms with E-state index >= 15 is 0 Å². The molecule has 1 saturated carbocycles. The lowest BCUT2D eigenvalue weighted by Crippen LogP contribution is -2.37. The predicted octanol–water partition coefficient (Wildman–Crippen LogP) is 4.37. The molecule has 2 unspecified atom stereocenters. The first-order chi connectivity index (χ1) is 20.0. The van der Waals surface area contributed by atoms with Crippen LogP contribution in [0.15, 0.2) is 48.8 Å². The Morgan fingerprint density at radius 2 is 1.98 bits per heavy atom. The van der Waals surface area contributed by atoms with Crippen molar-refractivity contribution in [3.63, 3.8) is 0 Å². The van der Waals surface area contributed by atoms with Gasteiger partial charge in [-0.15, -0.1) is 0 Å². The average molecular weight is 561 g/mol. The van der Waals surface area contributed by atoms with Gasteiger partial charge in [0.1, 0.15) is 23.7 Å². The van der Waals surface area contributed by atoms with Crippen molar-refractivity contribution in [2.75, 3.05) is 69.7 Å². The van der Waals surface area contributed by atoms with Crippen LogP contribution < -0.4 is 15.4 Å². The van der Waals surface area contributed by atoms with Crippen molar-refractivity contribution in [3.05, 3.63) is 60.2 Å². The third-order valence-electron chi connectivity index (χ3n) is 8.08. The molecule has 2 aliphatic heterocycles. The van der Waals surface area contributed by atoms with Crippen LogP contribution in [0.25, 0.3) is 10.9 Å². The standard InChI is InChI=1S/C31H37FN6O3/c1-21-14-24(5-6-26(21)32)35-31-25-16-28(36-30(39)4-2-7-38-18-22-15-23(22)19-38)29(17-27(25)33-20-34-31)41-11-3-8-37-9-12-40-13-10-37/h2,4-6,14,16-17,20,22-23H,3,7-13,15,18-19H2,1H3,(H,36,39)(H,33,34,35)/b4-2+. The molecule has 3 fully saturated rings. The number of benzene rings is 2. The van der Waals surface area contributed by atoms with E-state index in [0.717, 1.165) is 70.7 Å². The molecule has 9 nitrogen and oxygen atoms in total. The van der Waals surface area contributed by atoms with Crippen molar-refractivity contribution in [3.8, 4) is 5.75 Å². The highest BCUT2D eigenvalue weighted by Gasteiger charge is 2.44. The smallest absolute Gasteiger partial charge is 0.248 e. The van der Waals surface area contributed by atoms with Gasteiger partial charge in [-0.05, 0) is 61.4 Å². The Bertz CT molecular complexity index is 1420. The molecule has 0 spiro atoms. The minimum Gasteiger partial charge on any atom is -0.491 e. The van der Waals surface area contributed by atoms with E-state index in [4.69, 9.17) is 9.47 Å². The highest BCUT2D eigenvalue weighted by atomic mass is 19.1. The van der Waals surface area contributed by atoms with E-state index in [1.807, 2.05) is 18.2 Å². The van der Waals surface area contributed by atoms with Crippen molar-refractivity contribution in [1.82, 2.24) is 19.8 Å². The number of carbonyl (C=O) groups excluding carboxylic acids is 1. The molecule has 3 heterocycles. The number of rotatable bonds is 11. The Labute approximate surface area is 239 Å². The summed E-state index contributed by atoms with van der Waals surface area (Å²) in [6.07, 6.45) is 7.21. The third kappa shape index (κ3) is 7.01. The number of nitrogens with zero attached hydrogens (tertiary/aromatic N) is 4. The lowest BCUT2D eigenvalue weighted by molar-refractivity contribution is -0.111. The van der Waals surface area contributed by atoms with Crippen LogP contribution in [-0.4, -0.2) is 84.8 Å². The summed E-state index contributed by atoms with van der Waals surface area (Å²) >= 11 is 0.